The summed E-state index contributed by atoms with van der Waals surface area (Å²) in [6, 6.07) is 0. The van der Waals surface area contributed by atoms with Gasteiger partial charge in [-0.3, -0.25) is 0 Å². The zero-order valence-electron chi connectivity index (χ0n) is 16.3. The topological polar surface area (TPSA) is 0 Å². The van der Waals surface area contributed by atoms with Crippen LogP contribution < -0.4 is 0 Å². The maximum absolute atomic E-state index is 2.70. The van der Waals surface area contributed by atoms with E-state index in [-0.39, 0.29) is 7.80 Å². The van der Waals surface area contributed by atoms with Crippen LogP contribution in [0.4, 0.5) is 0 Å². The Balaban J connectivity index is 2.16. The molecule has 0 aromatic rings. The zero-order valence-corrected chi connectivity index (χ0v) is 17.2. The normalized spacial score (nSPS) is 41.8. The van der Waals surface area contributed by atoms with E-state index < -0.39 is 0 Å². The van der Waals surface area contributed by atoms with Crippen molar-refractivity contribution in [3.63, 3.8) is 0 Å². The highest BCUT2D eigenvalue weighted by atomic mass is 31.1. The molecule has 6 unspecified atom stereocenters. The molecule has 0 amide bonds. The fourth-order valence-electron chi connectivity index (χ4n) is 5.49. The molecular formula is C20H40BP. The van der Waals surface area contributed by atoms with E-state index >= 15 is 0 Å². The third kappa shape index (κ3) is 4.31. The van der Waals surface area contributed by atoms with Crippen molar-refractivity contribution in [3.8, 4) is 0 Å². The van der Waals surface area contributed by atoms with Gasteiger partial charge < -0.3 is 0 Å². The van der Waals surface area contributed by atoms with Crippen molar-refractivity contribution in [2.45, 2.75) is 91.4 Å². The van der Waals surface area contributed by atoms with Gasteiger partial charge in [0.25, 0.3) is 0 Å². The van der Waals surface area contributed by atoms with Gasteiger partial charge in [-0.2, -0.15) is 0 Å². The molecule has 0 N–H and O–H groups in total. The molecule has 0 bridgehead atoms. The molecule has 2 fully saturated rings. The average Bonchev–Trinajstić information content (AvgIpc) is 2.45. The van der Waals surface area contributed by atoms with Crippen molar-refractivity contribution in [2.24, 2.45) is 35.5 Å². The zero-order chi connectivity index (χ0) is 16.4. The first-order valence-electron chi connectivity index (χ1n) is 10.0. The summed E-state index contributed by atoms with van der Waals surface area (Å²) in [5.74, 6) is 5.75. The Bertz CT molecular complexity index is 309. The summed E-state index contributed by atoms with van der Waals surface area (Å²) < 4.78 is 0. The number of rotatable bonds is 4. The van der Waals surface area contributed by atoms with E-state index in [0.29, 0.717) is 0 Å². The number of hydrogen-bond donors (Lipinski definition) is 0. The smallest absolute Gasteiger partial charge is 0.134 e. The Hall–Kier alpha value is 0.495. The first-order chi connectivity index (χ1) is 10.3. The first kappa shape index (κ1) is 18.8. The highest BCUT2D eigenvalue weighted by molar-refractivity contribution is 7.83. The second kappa shape index (κ2) is 8.05. The van der Waals surface area contributed by atoms with Crippen LogP contribution in [0.15, 0.2) is 0 Å². The van der Waals surface area contributed by atoms with Crippen LogP contribution in [0.1, 0.15) is 80.1 Å². The van der Waals surface area contributed by atoms with E-state index in [9.17, 15) is 0 Å². The minimum Gasteiger partial charge on any atom is -0.142 e. The lowest BCUT2D eigenvalue weighted by atomic mass is 9.76. The van der Waals surface area contributed by atoms with Crippen LogP contribution in [0.2, 0.25) is 0 Å². The molecule has 2 rings (SSSR count). The molecule has 2 aliphatic carbocycles. The molecule has 0 nitrogen and oxygen atoms in total. The Morgan fingerprint density at radius 2 is 1.09 bits per heavy atom. The van der Waals surface area contributed by atoms with E-state index in [1.807, 2.05) is 0 Å². The molecule has 2 aliphatic rings. The largest absolute Gasteiger partial charge is 0.142 e. The molecule has 0 spiro atoms. The van der Waals surface area contributed by atoms with Crippen molar-refractivity contribution in [3.05, 3.63) is 0 Å². The van der Waals surface area contributed by atoms with Gasteiger partial charge in [-0.15, -0.1) is 7.80 Å². The standard InChI is InChI=1S/C20H40BP/c1-13(2)17-9-7-15(5)11-19(17)22(21)20-12-16(6)8-10-18(20)14(3)4/h13-20H,7-12,21H2,1-6H3. The number of hydrogen-bond acceptors (Lipinski definition) is 0. The lowest BCUT2D eigenvalue weighted by Crippen LogP contribution is -2.38. The quantitative estimate of drug-likeness (QED) is 0.444. The minimum absolute atomic E-state index is 0.186. The molecule has 0 aromatic carbocycles. The molecular weight excluding hydrogens is 282 g/mol. The summed E-state index contributed by atoms with van der Waals surface area (Å²) in [7, 11) is 2.89. The van der Waals surface area contributed by atoms with Crippen molar-refractivity contribution in [2.75, 3.05) is 0 Å². The van der Waals surface area contributed by atoms with Crippen LogP contribution in [0.25, 0.3) is 0 Å². The minimum atomic E-state index is 0.186. The summed E-state index contributed by atoms with van der Waals surface area (Å²) in [6.07, 6.45) is 9.03. The summed E-state index contributed by atoms with van der Waals surface area (Å²) in [4.78, 5) is 0. The van der Waals surface area contributed by atoms with Crippen molar-refractivity contribution in [1.29, 1.82) is 0 Å². The highest BCUT2D eigenvalue weighted by Crippen LogP contribution is 2.58. The Morgan fingerprint density at radius 3 is 1.41 bits per heavy atom. The molecule has 6 atom stereocenters. The van der Waals surface area contributed by atoms with Crippen molar-refractivity contribution in [1.82, 2.24) is 0 Å². The van der Waals surface area contributed by atoms with E-state index in [1.165, 1.54) is 38.5 Å². The van der Waals surface area contributed by atoms with Crippen LogP contribution >= 0.6 is 7.80 Å². The summed E-state index contributed by atoms with van der Waals surface area (Å²) >= 11 is 0. The lowest BCUT2D eigenvalue weighted by Gasteiger charge is -2.48. The second-order valence-electron chi connectivity index (χ2n) is 9.45. The summed E-state index contributed by atoms with van der Waals surface area (Å²) in [5.41, 5.74) is 2.10. The molecule has 0 saturated heterocycles. The van der Waals surface area contributed by atoms with E-state index in [2.05, 4.69) is 49.1 Å². The third-order valence-electron chi connectivity index (χ3n) is 7.02. The Morgan fingerprint density at radius 1 is 0.727 bits per heavy atom. The van der Waals surface area contributed by atoms with E-state index in [0.717, 1.165) is 46.8 Å². The van der Waals surface area contributed by atoms with Crippen LogP contribution in [-0.4, -0.2) is 18.9 Å². The van der Waals surface area contributed by atoms with Gasteiger partial charge >= 0.3 is 0 Å². The van der Waals surface area contributed by atoms with Gasteiger partial charge in [0, 0.05) is 0 Å². The van der Waals surface area contributed by atoms with Crippen LogP contribution in [0.5, 0.6) is 0 Å². The molecule has 0 radical (unpaired) electrons. The van der Waals surface area contributed by atoms with Gasteiger partial charge in [0.05, 0.1) is 0 Å². The van der Waals surface area contributed by atoms with E-state index in [4.69, 9.17) is 0 Å². The summed E-state index contributed by atoms with van der Waals surface area (Å²) in [6.45, 7) is 15.0. The maximum Gasteiger partial charge on any atom is 0.134 e. The SMILES string of the molecule is BP(C1CC(C)CCC1C(C)C)C1CC(C)CCC1C(C)C. The van der Waals surface area contributed by atoms with Gasteiger partial charge in [-0.1, -0.05) is 54.4 Å². The van der Waals surface area contributed by atoms with Crippen LogP contribution in [0, 0.1) is 35.5 Å². The predicted octanol–water partition coefficient (Wildman–Crippen LogP) is 5.94. The predicted molar refractivity (Wildman–Crippen MR) is 106 cm³/mol. The van der Waals surface area contributed by atoms with Crippen LogP contribution in [-0.2, 0) is 0 Å². The van der Waals surface area contributed by atoms with Crippen molar-refractivity contribution < 1.29 is 0 Å². The average molecular weight is 322 g/mol. The Labute approximate surface area is 142 Å². The Kier molecular flexibility index (Phi) is 6.89. The van der Waals surface area contributed by atoms with Crippen LogP contribution in [0.3, 0.4) is 0 Å². The second-order valence-corrected chi connectivity index (χ2v) is 12.1. The molecule has 0 aromatic heterocycles. The lowest BCUT2D eigenvalue weighted by molar-refractivity contribution is 0.225. The molecule has 128 valence electrons. The van der Waals surface area contributed by atoms with Gasteiger partial charge in [0.15, 0.2) is 0 Å². The van der Waals surface area contributed by atoms with E-state index in [1.54, 1.807) is 0 Å². The first-order valence-corrected chi connectivity index (χ1v) is 12.0. The van der Waals surface area contributed by atoms with Gasteiger partial charge in [0.1, 0.15) is 7.57 Å². The van der Waals surface area contributed by atoms with Gasteiger partial charge in [0.2, 0.25) is 0 Å². The molecule has 2 saturated carbocycles. The monoisotopic (exact) mass is 322 g/mol. The molecule has 0 aliphatic heterocycles. The molecule has 2 heteroatoms. The highest BCUT2D eigenvalue weighted by Gasteiger charge is 2.41. The van der Waals surface area contributed by atoms with Gasteiger partial charge in [-0.05, 0) is 72.5 Å². The third-order valence-corrected chi connectivity index (χ3v) is 10.3. The summed E-state index contributed by atoms with van der Waals surface area (Å²) in [5, 5.41) is 0. The fraction of sp³-hybridized carbons (Fsp3) is 1.00. The maximum atomic E-state index is 2.70. The van der Waals surface area contributed by atoms with Crippen molar-refractivity contribution >= 4 is 15.4 Å². The van der Waals surface area contributed by atoms with Gasteiger partial charge in [-0.25, -0.2) is 0 Å². The molecule has 0 heterocycles. The molecule has 22 heavy (non-hydrogen) atoms. The fourth-order valence-corrected chi connectivity index (χ4v) is 9.56.